The summed E-state index contributed by atoms with van der Waals surface area (Å²) < 4.78 is 39.1. The van der Waals surface area contributed by atoms with Gasteiger partial charge in [-0.25, -0.2) is 0 Å². The predicted molar refractivity (Wildman–Crippen MR) is 185 cm³/mol. The number of halogens is 4. The van der Waals surface area contributed by atoms with Crippen molar-refractivity contribution in [1.82, 2.24) is 5.32 Å². The Hall–Kier alpha value is -5.32. The molecule has 6 nitrogen and oxygen atoms in total. The van der Waals surface area contributed by atoms with E-state index < -0.39 is 29.5 Å². The summed E-state index contributed by atoms with van der Waals surface area (Å²) in [7, 11) is 0. The summed E-state index contributed by atoms with van der Waals surface area (Å²) in [6.07, 6.45) is -2.99. The van der Waals surface area contributed by atoms with Gasteiger partial charge in [0.1, 0.15) is 5.70 Å². The Morgan fingerprint density at radius 2 is 1.35 bits per heavy atom. The minimum Gasteiger partial charge on any atom is -0.324 e. The lowest BCUT2D eigenvalue weighted by atomic mass is 10.0. The zero-order chi connectivity index (χ0) is 34.1. The second kappa shape index (κ2) is 15.5. The highest BCUT2D eigenvalue weighted by atomic mass is 35.5. The molecule has 0 atom stereocenters. The highest BCUT2D eigenvalue weighted by Crippen LogP contribution is 2.34. The Labute approximate surface area is 284 Å². The maximum Gasteiger partial charge on any atom is 0.416 e. The van der Waals surface area contributed by atoms with Crippen LogP contribution in [0.3, 0.4) is 0 Å². The van der Waals surface area contributed by atoms with Gasteiger partial charge in [0.2, 0.25) is 5.91 Å². The van der Waals surface area contributed by atoms with Crippen molar-refractivity contribution in [2.24, 2.45) is 0 Å². The van der Waals surface area contributed by atoms with Gasteiger partial charge in [-0.05, 0) is 77.4 Å². The van der Waals surface area contributed by atoms with E-state index in [2.05, 4.69) is 16.0 Å². The number of anilines is 2. The van der Waals surface area contributed by atoms with E-state index in [0.29, 0.717) is 21.7 Å². The van der Waals surface area contributed by atoms with E-state index in [4.69, 9.17) is 11.6 Å². The fourth-order valence-electron chi connectivity index (χ4n) is 4.48. The van der Waals surface area contributed by atoms with E-state index in [-0.39, 0.29) is 22.2 Å². The van der Waals surface area contributed by atoms with E-state index in [1.807, 2.05) is 54.6 Å². The van der Waals surface area contributed by atoms with Crippen LogP contribution in [0.1, 0.15) is 21.5 Å². The number of hydrogen-bond acceptors (Lipinski definition) is 4. The van der Waals surface area contributed by atoms with Gasteiger partial charge in [-0.3, -0.25) is 14.4 Å². The Morgan fingerprint density at radius 1 is 0.729 bits per heavy atom. The molecule has 5 aromatic carbocycles. The molecule has 11 heteroatoms. The van der Waals surface area contributed by atoms with Crippen molar-refractivity contribution in [1.29, 1.82) is 0 Å². The third kappa shape index (κ3) is 9.37. The summed E-state index contributed by atoms with van der Waals surface area (Å²) in [4.78, 5) is 39.5. The fraction of sp³-hybridized carbons (Fsp3) is 0.0541. The third-order valence-corrected chi connectivity index (χ3v) is 8.25. The van der Waals surface area contributed by atoms with Gasteiger partial charge in [0, 0.05) is 16.1 Å². The number of rotatable bonds is 10. The van der Waals surface area contributed by atoms with Gasteiger partial charge in [-0.15, -0.1) is 11.8 Å². The largest absolute Gasteiger partial charge is 0.416 e. The maximum absolute atomic E-state index is 13.4. The molecule has 0 saturated heterocycles. The van der Waals surface area contributed by atoms with Crippen molar-refractivity contribution < 1.29 is 27.6 Å². The van der Waals surface area contributed by atoms with Crippen LogP contribution in [0.2, 0.25) is 5.02 Å². The standard InChI is InChI=1S/C37H27ClF3N3O3S/c38-31-20-15-28(37(39,40)41)22-32(31)43-34(45)23-48-30-18-16-29(17-19-30)42-36(47)33(44-35(46)27-9-5-2-6-10-27)21-24-11-13-26(14-12-24)25-7-3-1-4-8-25/h1-22H,23H2,(H,42,47)(H,43,45)(H,44,46)/b33-21-. The molecular weight excluding hydrogens is 659 g/mol. The van der Waals surface area contributed by atoms with E-state index in [0.717, 1.165) is 41.1 Å². The fourth-order valence-corrected chi connectivity index (χ4v) is 5.34. The van der Waals surface area contributed by atoms with Gasteiger partial charge in [-0.1, -0.05) is 84.4 Å². The minimum atomic E-state index is -4.58. The lowest BCUT2D eigenvalue weighted by molar-refractivity contribution is -0.137. The Bertz CT molecular complexity index is 1940. The first-order valence-electron chi connectivity index (χ1n) is 14.5. The van der Waals surface area contributed by atoms with Crippen LogP contribution in [0.15, 0.2) is 138 Å². The highest BCUT2D eigenvalue weighted by molar-refractivity contribution is 8.00. The number of nitrogens with one attached hydrogen (secondary N) is 3. The van der Waals surface area contributed by atoms with Crippen LogP contribution in [-0.2, 0) is 15.8 Å². The third-order valence-electron chi connectivity index (χ3n) is 6.91. The molecule has 0 unspecified atom stereocenters. The summed E-state index contributed by atoms with van der Waals surface area (Å²) in [5, 5.41) is 7.90. The number of amides is 3. The summed E-state index contributed by atoms with van der Waals surface area (Å²) in [5.74, 6) is -1.64. The van der Waals surface area contributed by atoms with Crippen molar-refractivity contribution in [3.05, 3.63) is 155 Å². The zero-order valence-electron chi connectivity index (χ0n) is 25.1. The highest BCUT2D eigenvalue weighted by Gasteiger charge is 2.31. The summed E-state index contributed by atoms with van der Waals surface area (Å²) in [6.45, 7) is 0. The van der Waals surface area contributed by atoms with Crippen molar-refractivity contribution in [2.75, 3.05) is 16.4 Å². The quantitative estimate of drug-likeness (QED) is 0.101. The van der Waals surface area contributed by atoms with Gasteiger partial charge in [0.25, 0.3) is 11.8 Å². The van der Waals surface area contributed by atoms with Crippen molar-refractivity contribution in [3.8, 4) is 11.1 Å². The van der Waals surface area contributed by atoms with E-state index in [9.17, 15) is 27.6 Å². The van der Waals surface area contributed by atoms with Crippen LogP contribution in [-0.4, -0.2) is 23.5 Å². The zero-order valence-corrected chi connectivity index (χ0v) is 26.6. The number of thioether (sulfide) groups is 1. The predicted octanol–water partition coefficient (Wildman–Crippen LogP) is 9.17. The van der Waals surface area contributed by atoms with Gasteiger partial charge < -0.3 is 16.0 Å². The minimum absolute atomic E-state index is 0.0148. The Morgan fingerprint density at radius 3 is 2.00 bits per heavy atom. The molecule has 0 aromatic heterocycles. The first-order chi connectivity index (χ1) is 23.0. The molecule has 3 amide bonds. The molecule has 3 N–H and O–H groups in total. The second-order valence-electron chi connectivity index (χ2n) is 10.4. The molecule has 0 aliphatic heterocycles. The smallest absolute Gasteiger partial charge is 0.324 e. The normalized spacial score (nSPS) is 11.5. The average Bonchev–Trinajstić information content (AvgIpc) is 3.09. The molecule has 0 radical (unpaired) electrons. The number of carbonyl (C=O) groups is 3. The average molecular weight is 686 g/mol. The van der Waals surface area contributed by atoms with Gasteiger partial charge in [0.15, 0.2) is 0 Å². The van der Waals surface area contributed by atoms with Crippen LogP contribution in [0.5, 0.6) is 0 Å². The van der Waals surface area contributed by atoms with Gasteiger partial charge >= 0.3 is 6.18 Å². The van der Waals surface area contributed by atoms with Crippen molar-refractivity contribution in [2.45, 2.75) is 11.1 Å². The monoisotopic (exact) mass is 685 g/mol. The topological polar surface area (TPSA) is 87.3 Å². The molecule has 0 spiro atoms. The van der Waals surface area contributed by atoms with E-state index in [1.165, 1.54) is 0 Å². The van der Waals surface area contributed by atoms with Crippen molar-refractivity contribution >= 4 is 58.5 Å². The Kier molecular flexibility index (Phi) is 11.0. The first kappa shape index (κ1) is 34.0. The number of alkyl halides is 3. The van der Waals surface area contributed by atoms with E-state index >= 15 is 0 Å². The van der Waals surface area contributed by atoms with Crippen LogP contribution >= 0.6 is 23.4 Å². The summed E-state index contributed by atoms with van der Waals surface area (Å²) in [6, 6.07) is 35.3. The van der Waals surface area contributed by atoms with Gasteiger partial charge in [-0.2, -0.15) is 13.2 Å². The van der Waals surface area contributed by atoms with Crippen molar-refractivity contribution in [3.63, 3.8) is 0 Å². The van der Waals surface area contributed by atoms with E-state index in [1.54, 1.807) is 60.7 Å². The molecule has 0 fully saturated rings. The van der Waals surface area contributed by atoms with Crippen LogP contribution in [0.25, 0.3) is 17.2 Å². The molecule has 0 saturated carbocycles. The summed E-state index contributed by atoms with van der Waals surface area (Å²) in [5.41, 5.74) is 2.54. The molecule has 0 aliphatic carbocycles. The Balaban J connectivity index is 1.25. The van der Waals surface area contributed by atoms with Crippen LogP contribution < -0.4 is 16.0 Å². The number of benzene rings is 5. The first-order valence-corrected chi connectivity index (χ1v) is 15.9. The van der Waals surface area contributed by atoms with Crippen LogP contribution in [0, 0.1) is 0 Å². The molecule has 0 heterocycles. The lowest BCUT2D eigenvalue weighted by Gasteiger charge is -2.12. The SMILES string of the molecule is O=C(CSc1ccc(NC(=O)/C(=C/c2ccc(-c3ccccc3)cc2)NC(=O)c2ccccc2)cc1)Nc1cc(C(F)(F)F)ccc1Cl. The second-order valence-corrected chi connectivity index (χ2v) is 11.8. The van der Waals surface area contributed by atoms with Gasteiger partial charge in [0.05, 0.1) is 22.0 Å². The van der Waals surface area contributed by atoms with Crippen LogP contribution in [0.4, 0.5) is 24.5 Å². The number of carbonyl (C=O) groups excluding carboxylic acids is 3. The summed E-state index contributed by atoms with van der Waals surface area (Å²) >= 11 is 7.12. The lowest BCUT2D eigenvalue weighted by Crippen LogP contribution is -2.30. The maximum atomic E-state index is 13.4. The number of hydrogen-bond donors (Lipinski definition) is 3. The molecule has 0 bridgehead atoms. The molecule has 48 heavy (non-hydrogen) atoms. The molecule has 5 rings (SSSR count). The molecule has 0 aliphatic rings. The molecule has 242 valence electrons. The molecule has 5 aromatic rings. The molecular formula is C37H27ClF3N3O3S.